The van der Waals surface area contributed by atoms with Crippen LogP contribution < -0.4 is 20.1 Å². The fourth-order valence-corrected chi connectivity index (χ4v) is 3.79. The molecule has 152 valence electrons. The number of benzene rings is 2. The smallest absolute Gasteiger partial charge is 0.315 e. The molecule has 1 aliphatic rings. The van der Waals surface area contributed by atoms with Gasteiger partial charge in [-0.2, -0.15) is 0 Å². The summed E-state index contributed by atoms with van der Waals surface area (Å²) in [5.74, 6) is -0.438. The van der Waals surface area contributed by atoms with Crippen LogP contribution >= 0.6 is 23.4 Å². The first-order valence-electron chi connectivity index (χ1n) is 8.17. The molecule has 1 heterocycles. The van der Waals surface area contributed by atoms with Crippen LogP contribution in [-0.4, -0.2) is 35.7 Å². The Hall–Kier alpha value is -3.11. The van der Waals surface area contributed by atoms with Crippen molar-refractivity contribution < 1.29 is 24.3 Å². The molecule has 0 spiro atoms. The number of anilines is 1. The van der Waals surface area contributed by atoms with Crippen molar-refractivity contribution in [3.63, 3.8) is 0 Å². The van der Waals surface area contributed by atoms with Crippen molar-refractivity contribution in [2.45, 2.75) is 5.50 Å². The van der Waals surface area contributed by atoms with Crippen LogP contribution in [0.2, 0.25) is 5.02 Å². The van der Waals surface area contributed by atoms with Gasteiger partial charge in [-0.05, 0) is 35.9 Å². The van der Waals surface area contributed by atoms with Gasteiger partial charge in [-0.15, -0.1) is 0 Å². The lowest BCUT2D eigenvalue weighted by atomic mass is 10.1. The molecule has 0 radical (unpaired) electrons. The number of phenols is 1. The highest BCUT2D eigenvalue weighted by atomic mass is 35.5. The summed E-state index contributed by atoms with van der Waals surface area (Å²) in [4.78, 5) is 23.1. The standard InChI is InChI=1S/C18H16ClN3O6S/c1-27-13-4-3-10(19)8-11(13)20-18-21-17(24)15(29-18)7-9-5-12(22(25)26)16(23)14(6-9)28-2/h3-8,18,20,23H,1-2H3,(H,21,24)/b15-7-. The van der Waals surface area contributed by atoms with E-state index in [0.717, 1.165) is 0 Å². The van der Waals surface area contributed by atoms with Crippen molar-refractivity contribution in [2.75, 3.05) is 19.5 Å². The number of phenolic OH excluding ortho intramolecular Hbond substituents is 1. The Labute approximate surface area is 174 Å². The number of nitro benzene ring substituents is 1. The van der Waals surface area contributed by atoms with Gasteiger partial charge in [0.2, 0.25) is 5.75 Å². The minimum atomic E-state index is -0.725. The molecule has 1 amide bonds. The molecule has 1 unspecified atom stereocenters. The summed E-state index contributed by atoms with van der Waals surface area (Å²) in [5, 5.41) is 27.4. The molecule has 9 nitrogen and oxygen atoms in total. The fourth-order valence-electron chi connectivity index (χ4n) is 2.64. The highest BCUT2D eigenvalue weighted by molar-refractivity contribution is 8.05. The molecule has 1 fully saturated rings. The van der Waals surface area contributed by atoms with Gasteiger partial charge in [0.15, 0.2) is 11.2 Å². The number of hydrogen-bond donors (Lipinski definition) is 3. The Morgan fingerprint density at radius 1 is 1.28 bits per heavy atom. The number of aromatic hydroxyl groups is 1. The lowest BCUT2D eigenvalue weighted by Crippen LogP contribution is -2.31. The number of halogens is 1. The van der Waals surface area contributed by atoms with Crippen LogP contribution in [0, 0.1) is 10.1 Å². The number of thioether (sulfide) groups is 1. The Balaban J connectivity index is 1.86. The number of ether oxygens (including phenoxy) is 2. The molecule has 1 atom stereocenters. The first kappa shape index (κ1) is 20.6. The number of methoxy groups -OCH3 is 2. The zero-order valence-electron chi connectivity index (χ0n) is 15.3. The van der Waals surface area contributed by atoms with E-state index in [1.54, 1.807) is 18.2 Å². The molecule has 2 aromatic rings. The van der Waals surface area contributed by atoms with Gasteiger partial charge in [0.1, 0.15) is 5.75 Å². The first-order valence-corrected chi connectivity index (χ1v) is 9.43. The third-order valence-corrected chi connectivity index (χ3v) is 5.23. The van der Waals surface area contributed by atoms with Crippen LogP contribution in [-0.2, 0) is 4.79 Å². The molecule has 0 aromatic heterocycles. The van der Waals surface area contributed by atoms with Crippen LogP contribution in [0.1, 0.15) is 5.56 Å². The highest BCUT2D eigenvalue weighted by Gasteiger charge is 2.28. The van der Waals surface area contributed by atoms with Crippen LogP contribution in [0.5, 0.6) is 17.2 Å². The number of nitrogens with one attached hydrogen (secondary N) is 2. The summed E-state index contributed by atoms with van der Waals surface area (Å²) < 4.78 is 10.2. The zero-order chi connectivity index (χ0) is 21.1. The van der Waals surface area contributed by atoms with Crippen LogP contribution in [0.4, 0.5) is 11.4 Å². The minimum absolute atomic E-state index is 0.0622. The van der Waals surface area contributed by atoms with Gasteiger partial charge in [-0.25, -0.2) is 0 Å². The molecule has 11 heteroatoms. The lowest BCUT2D eigenvalue weighted by Gasteiger charge is -2.15. The van der Waals surface area contributed by atoms with Crippen LogP contribution in [0.25, 0.3) is 6.08 Å². The van der Waals surface area contributed by atoms with Crippen LogP contribution in [0.15, 0.2) is 35.2 Å². The molecule has 29 heavy (non-hydrogen) atoms. The Bertz CT molecular complexity index is 1010. The summed E-state index contributed by atoms with van der Waals surface area (Å²) in [6, 6.07) is 7.62. The van der Waals surface area contributed by atoms with Crippen molar-refractivity contribution in [3.05, 3.63) is 55.9 Å². The van der Waals surface area contributed by atoms with Gasteiger partial charge in [0, 0.05) is 11.1 Å². The van der Waals surface area contributed by atoms with E-state index >= 15 is 0 Å². The number of amides is 1. The highest BCUT2D eigenvalue weighted by Crippen LogP contribution is 2.39. The lowest BCUT2D eigenvalue weighted by molar-refractivity contribution is -0.386. The van der Waals surface area contributed by atoms with Crippen molar-refractivity contribution in [3.8, 4) is 17.2 Å². The monoisotopic (exact) mass is 437 g/mol. The summed E-state index contributed by atoms with van der Waals surface area (Å²) in [5.41, 5.74) is -0.0842. The van der Waals surface area contributed by atoms with Gasteiger partial charge in [-0.1, -0.05) is 23.4 Å². The number of carbonyl (C=O) groups is 1. The quantitative estimate of drug-likeness (QED) is 0.356. The average Bonchev–Trinajstić information content (AvgIpc) is 3.01. The number of nitrogens with zero attached hydrogens (tertiary/aromatic N) is 1. The maximum absolute atomic E-state index is 12.3. The van der Waals surface area contributed by atoms with E-state index in [-0.39, 0.29) is 11.7 Å². The van der Waals surface area contributed by atoms with Gasteiger partial charge in [-0.3, -0.25) is 14.9 Å². The molecule has 3 rings (SSSR count). The molecule has 0 aliphatic carbocycles. The third kappa shape index (κ3) is 4.49. The number of hydrogen-bond acceptors (Lipinski definition) is 8. The van der Waals surface area contributed by atoms with E-state index in [9.17, 15) is 20.0 Å². The number of carbonyl (C=O) groups excluding carboxylic acids is 1. The maximum atomic E-state index is 12.3. The molecule has 3 N–H and O–H groups in total. The van der Waals surface area contributed by atoms with Crippen LogP contribution in [0.3, 0.4) is 0 Å². The topological polar surface area (TPSA) is 123 Å². The second-order valence-corrected chi connectivity index (χ2v) is 7.40. The van der Waals surface area contributed by atoms with Crippen molar-refractivity contribution in [1.29, 1.82) is 0 Å². The van der Waals surface area contributed by atoms with Gasteiger partial charge in [0.25, 0.3) is 5.91 Å². The zero-order valence-corrected chi connectivity index (χ0v) is 16.8. The van der Waals surface area contributed by atoms with Crippen molar-refractivity contribution in [2.24, 2.45) is 0 Å². The molecule has 0 bridgehead atoms. The van der Waals surface area contributed by atoms with E-state index in [1.165, 1.54) is 44.2 Å². The van der Waals surface area contributed by atoms with Gasteiger partial charge >= 0.3 is 5.69 Å². The fraction of sp³-hybridized carbons (Fsp3) is 0.167. The van der Waals surface area contributed by atoms with E-state index < -0.39 is 21.9 Å². The molecule has 0 saturated carbocycles. The number of nitro groups is 1. The second-order valence-electron chi connectivity index (χ2n) is 5.82. The molecular weight excluding hydrogens is 422 g/mol. The van der Waals surface area contributed by atoms with E-state index in [2.05, 4.69) is 10.6 Å². The maximum Gasteiger partial charge on any atom is 0.315 e. The average molecular weight is 438 g/mol. The predicted octanol–water partition coefficient (Wildman–Crippen LogP) is 3.57. The van der Waals surface area contributed by atoms with Gasteiger partial charge in [0.05, 0.1) is 29.7 Å². The number of rotatable bonds is 6. The van der Waals surface area contributed by atoms with E-state index in [0.29, 0.717) is 26.9 Å². The van der Waals surface area contributed by atoms with E-state index in [1.807, 2.05) is 0 Å². The first-order chi connectivity index (χ1) is 13.8. The SMILES string of the molecule is COc1ccc(Cl)cc1NC1NC(=O)/C(=C/c2cc(OC)c(O)c([N+](=O)[O-])c2)S1. The largest absolute Gasteiger partial charge is 0.500 e. The Kier molecular flexibility index (Phi) is 6.04. The Morgan fingerprint density at radius 2 is 2.00 bits per heavy atom. The second kappa shape index (κ2) is 8.50. The summed E-state index contributed by atoms with van der Waals surface area (Å²) in [7, 11) is 2.80. The predicted molar refractivity (Wildman–Crippen MR) is 110 cm³/mol. The Morgan fingerprint density at radius 3 is 2.66 bits per heavy atom. The summed E-state index contributed by atoms with van der Waals surface area (Å²) >= 11 is 7.20. The third-order valence-electron chi connectivity index (χ3n) is 3.97. The normalized spacial score (nSPS) is 17.1. The van der Waals surface area contributed by atoms with Gasteiger partial charge < -0.3 is 25.2 Å². The summed E-state index contributed by atoms with van der Waals surface area (Å²) in [6.45, 7) is 0. The molecule has 1 saturated heterocycles. The van der Waals surface area contributed by atoms with Crippen molar-refractivity contribution in [1.82, 2.24) is 5.32 Å². The van der Waals surface area contributed by atoms with Crippen molar-refractivity contribution >= 4 is 46.7 Å². The molecule has 2 aromatic carbocycles. The van der Waals surface area contributed by atoms with E-state index in [4.69, 9.17) is 21.1 Å². The summed E-state index contributed by atoms with van der Waals surface area (Å²) in [6.07, 6.45) is 1.48. The molecule has 1 aliphatic heterocycles. The molecular formula is C18H16ClN3O6S. The minimum Gasteiger partial charge on any atom is -0.500 e.